The van der Waals surface area contributed by atoms with E-state index in [0.29, 0.717) is 18.9 Å². The van der Waals surface area contributed by atoms with E-state index in [0.717, 1.165) is 115 Å². The molecule has 0 fully saturated rings. The molecular formula is C76H76B5NO8S5. The van der Waals surface area contributed by atoms with Crippen molar-refractivity contribution in [3.05, 3.63) is 274 Å². The molecule has 10 aromatic carbocycles. The van der Waals surface area contributed by atoms with Gasteiger partial charge in [0.15, 0.2) is 5.69 Å². The zero-order valence-electron chi connectivity index (χ0n) is 53.1. The molecule has 0 saturated carbocycles. The fourth-order valence-corrected chi connectivity index (χ4v) is 15.9. The Bertz CT molecular complexity index is 4210. The first kappa shape index (κ1) is 70.9. The van der Waals surface area contributed by atoms with Gasteiger partial charge in [-0.05, 0) is 237 Å². The highest BCUT2D eigenvalue weighted by molar-refractivity contribution is 8.00. The standard InChI is InChI=1S/C16H14BNO2.C15H15BO2S.C15H15BOS2.C15H15BOS.C14H13BO2S.CH4/c1-18-14-4-2-3-12(9-14)11-20-15-5-6-16-13(10-15)7-8-17(16)19;1-11-2-5-13(6-3-11)19(18)14-7-4-12-8-9-16(17)15(12)10-14;1-18-12-4-6-13(7-5-12)19-14-3-2-11-8-9-16(17)15(11)10-14;1-11-2-5-13(6-3-11)18-14-7-4-12-8-9-16(17)15(12)10-14;1-10-2-5-12(6-3-10)18-13-7-4-11-9-17-15(16)14(11)8-13;/h2-6,9-10,19H,7-8,11H2;2*2-7,10,17H,8-9H2,1H3;2-7,10,17H,8-9H2,1H3;2-8,16H,9H2,1H3;1H4. The first-order chi connectivity index (χ1) is 45.6. The van der Waals surface area contributed by atoms with Crippen LogP contribution in [0.3, 0.4) is 0 Å². The molecule has 0 spiro atoms. The Kier molecular flexibility index (Phi) is 25.3. The average Bonchev–Trinajstić information content (AvgIpc) is 1.81. The maximum Gasteiger partial charge on any atom is 0.491 e. The SMILES string of the molecule is C.CSc1ccc(Sc2ccc3c(c2)B(O)CC3)cc1.Cc1ccc(S(=O)c2ccc3c(c2)B(O)CC3)cc1.Cc1ccc(Sc2ccc3c(c2)B(O)CC3)cc1.Cc1ccc(Sc2ccc3c(c2)B(O)OC3)cc1.[C-]#[N+]c1cccc(COc2ccc3c(c2)CCB3O)c1. The molecule has 0 amide bonds. The van der Waals surface area contributed by atoms with E-state index < -0.39 is 24.8 Å². The predicted octanol–water partition coefficient (Wildman–Crippen LogP) is 13.7. The van der Waals surface area contributed by atoms with Gasteiger partial charge in [-0.15, -0.1) is 11.8 Å². The minimum atomic E-state index is -1.17. The van der Waals surface area contributed by atoms with Crippen LogP contribution < -0.4 is 32.1 Å². The summed E-state index contributed by atoms with van der Waals surface area (Å²) in [5.41, 5.74) is 16.4. The molecule has 15 rings (SSSR count). The van der Waals surface area contributed by atoms with Crippen molar-refractivity contribution in [2.75, 3.05) is 6.26 Å². The number of benzene rings is 10. The molecule has 478 valence electrons. The molecule has 5 N–H and O–H groups in total. The van der Waals surface area contributed by atoms with Crippen LogP contribution in [0.2, 0.25) is 25.3 Å². The molecule has 0 aliphatic carbocycles. The Morgan fingerprint density at radius 2 is 0.874 bits per heavy atom. The largest absolute Gasteiger partial charge is 0.491 e. The summed E-state index contributed by atoms with van der Waals surface area (Å²) in [6.45, 7) is 12.9. The highest BCUT2D eigenvalue weighted by atomic mass is 32.2. The van der Waals surface area contributed by atoms with Gasteiger partial charge < -0.3 is 34.5 Å². The second-order valence-corrected chi connectivity index (χ2v) is 29.7. The first-order valence-electron chi connectivity index (χ1n) is 31.7. The van der Waals surface area contributed by atoms with Crippen molar-refractivity contribution in [3.63, 3.8) is 0 Å². The summed E-state index contributed by atoms with van der Waals surface area (Å²) < 4.78 is 23.5. The van der Waals surface area contributed by atoms with Crippen molar-refractivity contribution in [1.29, 1.82) is 0 Å². The zero-order chi connectivity index (χ0) is 65.7. The molecule has 5 heterocycles. The average molecular weight is 1350 g/mol. The zero-order valence-corrected chi connectivity index (χ0v) is 57.2. The van der Waals surface area contributed by atoms with E-state index in [1.807, 2.05) is 97.9 Å². The van der Waals surface area contributed by atoms with Crippen LogP contribution in [-0.2, 0) is 54.4 Å². The van der Waals surface area contributed by atoms with Gasteiger partial charge in [0.1, 0.15) is 12.4 Å². The van der Waals surface area contributed by atoms with E-state index in [4.69, 9.17) is 16.0 Å². The lowest BCUT2D eigenvalue weighted by molar-refractivity contribution is 0.275. The molecule has 0 saturated heterocycles. The lowest BCUT2D eigenvalue weighted by atomic mass is 9.63. The summed E-state index contributed by atoms with van der Waals surface area (Å²) in [4.78, 5) is 13.5. The summed E-state index contributed by atoms with van der Waals surface area (Å²) in [6, 6.07) is 71.4. The number of fused-ring (bicyclic) bond motifs is 5. The molecule has 10 aromatic rings. The summed E-state index contributed by atoms with van der Waals surface area (Å²) in [6.07, 6.45) is 9.22. The molecule has 19 heteroatoms. The lowest BCUT2D eigenvalue weighted by Crippen LogP contribution is -2.27. The summed E-state index contributed by atoms with van der Waals surface area (Å²) in [7, 11) is -1.94. The van der Waals surface area contributed by atoms with Gasteiger partial charge in [-0.25, -0.2) is 9.05 Å². The molecule has 5 aliphatic heterocycles. The van der Waals surface area contributed by atoms with Gasteiger partial charge in [0.05, 0.1) is 24.0 Å². The third-order valence-corrected chi connectivity index (χ3v) is 22.3. The van der Waals surface area contributed by atoms with Gasteiger partial charge in [-0.3, -0.25) is 0 Å². The molecule has 1 atom stereocenters. The second kappa shape index (κ2) is 33.9. The van der Waals surface area contributed by atoms with Gasteiger partial charge in [0.2, 0.25) is 0 Å². The molecule has 0 bridgehead atoms. The quantitative estimate of drug-likeness (QED) is 0.0452. The maximum atomic E-state index is 12.5. The van der Waals surface area contributed by atoms with E-state index >= 15 is 0 Å². The predicted molar refractivity (Wildman–Crippen MR) is 402 cm³/mol. The van der Waals surface area contributed by atoms with Crippen molar-refractivity contribution < 1.29 is 38.7 Å². The fourth-order valence-electron chi connectivity index (χ4n) is 11.8. The monoisotopic (exact) mass is 1350 g/mol. The Labute approximate surface area is 582 Å². The first-order valence-corrected chi connectivity index (χ1v) is 36.5. The molecule has 5 aliphatic rings. The van der Waals surface area contributed by atoms with E-state index in [-0.39, 0.29) is 28.2 Å². The Morgan fingerprint density at radius 3 is 1.39 bits per heavy atom. The molecule has 0 aromatic heterocycles. The normalized spacial score (nSPS) is 13.7. The highest BCUT2D eigenvalue weighted by Crippen LogP contribution is 2.33. The van der Waals surface area contributed by atoms with Crippen LogP contribution in [0.4, 0.5) is 5.69 Å². The fraction of sp³-hybridized carbons (Fsp3) is 0.197. The highest BCUT2D eigenvalue weighted by Gasteiger charge is 2.30. The third-order valence-electron chi connectivity index (χ3n) is 17.1. The Balaban J connectivity index is 0.000000129. The third kappa shape index (κ3) is 19.0. The van der Waals surface area contributed by atoms with E-state index in [9.17, 15) is 29.3 Å². The van der Waals surface area contributed by atoms with Crippen molar-refractivity contribution in [1.82, 2.24) is 0 Å². The van der Waals surface area contributed by atoms with Crippen LogP contribution in [0, 0.1) is 27.3 Å². The number of hydrogen-bond donors (Lipinski definition) is 5. The molecule has 0 radical (unpaired) electrons. The van der Waals surface area contributed by atoms with E-state index in [1.165, 1.54) is 62.8 Å². The number of rotatable bonds is 12. The van der Waals surface area contributed by atoms with Crippen molar-refractivity contribution in [2.24, 2.45) is 0 Å². The van der Waals surface area contributed by atoms with Crippen LogP contribution in [0.5, 0.6) is 5.75 Å². The van der Waals surface area contributed by atoms with E-state index in [2.05, 4.69) is 140 Å². The number of thioether (sulfide) groups is 1. The number of aryl methyl sites for hydroxylation is 7. The number of nitrogens with zero attached hydrogens (tertiary/aromatic N) is 1. The Hall–Kier alpha value is -6.88. The second-order valence-electron chi connectivity index (χ2n) is 23.9. The van der Waals surface area contributed by atoms with Gasteiger partial charge in [0, 0.05) is 44.1 Å². The Morgan fingerprint density at radius 1 is 0.453 bits per heavy atom. The summed E-state index contributed by atoms with van der Waals surface area (Å²) in [5.74, 6) is 0.811. The maximum absolute atomic E-state index is 12.5. The van der Waals surface area contributed by atoms with Crippen LogP contribution in [0.25, 0.3) is 4.85 Å². The molecule has 1 unspecified atom stereocenters. The number of ether oxygens (including phenoxy) is 1. The van der Waals surface area contributed by atoms with Gasteiger partial charge in [0.25, 0.3) is 0 Å². The van der Waals surface area contributed by atoms with Crippen molar-refractivity contribution >= 4 is 126 Å². The van der Waals surface area contributed by atoms with Crippen LogP contribution in [0.1, 0.15) is 57.5 Å². The summed E-state index contributed by atoms with van der Waals surface area (Å²) in [5, 5.41) is 49.2. The minimum Gasteiger partial charge on any atom is -0.489 e. The topological polar surface area (TPSA) is 141 Å². The molecular weight excluding hydrogens is 1270 g/mol. The lowest BCUT2D eigenvalue weighted by Gasteiger charge is -2.09. The van der Waals surface area contributed by atoms with Crippen LogP contribution in [0.15, 0.2) is 256 Å². The van der Waals surface area contributed by atoms with Crippen LogP contribution >= 0.6 is 47.0 Å². The van der Waals surface area contributed by atoms with E-state index in [1.54, 1.807) is 53.1 Å². The molecule has 9 nitrogen and oxygen atoms in total. The van der Waals surface area contributed by atoms with Crippen LogP contribution in [-0.4, -0.2) is 70.4 Å². The van der Waals surface area contributed by atoms with Crippen molar-refractivity contribution in [3.8, 4) is 5.75 Å². The summed E-state index contributed by atoms with van der Waals surface area (Å²) >= 11 is 6.96. The smallest absolute Gasteiger partial charge is 0.489 e. The van der Waals surface area contributed by atoms with Gasteiger partial charge in [-0.1, -0.05) is 173 Å². The van der Waals surface area contributed by atoms with Crippen molar-refractivity contribution in [2.45, 2.75) is 136 Å². The molecule has 95 heavy (non-hydrogen) atoms. The van der Waals surface area contributed by atoms with Gasteiger partial charge in [-0.2, -0.15) is 0 Å². The minimum absolute atomic E-state index is 0. The van der Waals surface area contributed by atoms with Gasteiger partial charge >= 0.3 is 34.8 Å². The number of hydrogen-bond acceptors (Lipinski definition) is 12.